The minimum atomic E-state index is -0.707. The Morgan fingerprint density at radius 3 is 0.919 bits per heavy atom. The van der Waals surface area contributed by atoms with E-state index in [1.54, 1.807) is 51.7 Å². The molecular weight excluding hydrogens is 1920 g/mol. The first-order chi connectivity index (χ1) is 71.6. The summed E-state index contributed by atoms with van der Waals surface area (Å²) in [6, 6.07) is 80.8. The summed E-state index contributed by atoms with van der Waals surface area (Å²) in [7, 11) is 3.29. The van der Waals surface area contributed by atoms with Gasteiger partial charge in [-0.1, -0.05) is 272 Å². The number of aromatic hydroxyl groups is 5. The van der Waals surface area contributed by atoms with Gasteiger partial charge in [0.1, 0.15) is 11.6 Å². The maximum Gasteiger partial charge on any atom is 0.276 e. The lowest BCUT2D eigenvalue weighted by molar-refractivity contribution is 0.0520. The van der Waals surface area contributed by atoms with Crippen LogP contribution in [0.2, 0.25) is 5.02 Å². The summed E-state index contributed by atoms with van der Waals surface area (Å²) in [5.74, 6) is -6.68. The highest BCUT2D eigenvalue weighted by atomic mass is 35.5. The van der Waals surface area contributed by atoms with E-state index in [1.807, 2.05) is 226 Å². The van der Waals surface area contributed by atoms with Crippen LogP contribution in [0.15, 0.2) is 316 Å². The number of benzene rings is 10. The van der Waals surface area contributed by atoms with Crippen molar-refractivity contribution in [2.45, 2.75) is 147 Å². The molecule has 10 aromatic carbocycles. The number of rotatable bonds is 20. The van der Waals surface area contributed by atoms with Crippen molar-refractivity contribution < 1.29 is 58.3 Å². The molecule has 20 rings (SSSR count). The van der Waals surface area contributed by atoms with E-state index in [2.05, 4.69) is 80.1 Å². The third-order valence-corrected chi connectivity index (χ3v) is 28.5. The Morgan fingerprint density at radius 1 is 0.302 bits per heavy atom. The van der Waals surface area contributed by atoms with Crippen LogP contribution in [0.25, 0.3) is 0 Å². The zero-order valence-corrected chi connectivity index (χ0v) is 84.7. The van der Waals surface area contributed by atoms with Gasteiger partial charge in [-0.25, -0.2) is 8.78 Å². The summed E-state index contributed by atoms with van der Waals surface area (Å²) in [4.78, 5) is 133. The molecule has 0 spiro atoms. The molecule has 0 radical (unpaired) electrons. The number of nitrogens with zero attached hydrogens (tertiary/aromatic N) is 15. The van der Waals surface area contributed by atoms with Gasteiger partial charge in [0.2, 0.25) is 27.1 Å². The number of aromatic nitrogens is 10. The van der Waals surface area contributed by atoms with Gasteiger partial charge in [-0.15, -0.1) is 0 Å². The minimum absolute atomic E-state index is 0.0191. The third kappa shape index (κ3) is 21.9. The average Bonchev–Trinajstić information content (AvgIpc) is 0.720. The number of amides is 5. The highest BCUT2D eigenvalue weighted by Crippen LogP contribution is 2.47. The van der Waals surface area contributed by atoms with Gasteiger partial charge >= 0.3 is 0 Å². The van der Waals surface area contributed by atoms with Crippen molar-refractivity contribution in [1.82, 2.24) is 73.4 Å². The molecule has 9 atom stereocenters. The molecule has 0 saturated carbocycles. The fourth-order valence-corrected chi connectivity index (χ4v) is 21.0. The monoisotopic (exact) mass is 2030 g/mol. The first-order valence-corrected chi connectivity index (χ1v) is 49.6. The Kier molecular flexibility index (Phi) is 32.0. The van der Waals surface area contributed by atoms with Crippen LogP contribution in [-0.2, 0) is 0 Å². The number of hydrogen-bond donors (Lipinski definition) is 5. The van der Waals surface area contributed by atoms with E-state index in [1.165, 1.54) is 52.8 Å². The minimum Gasteiger partial charge on any atom is -0.502 e. The van der Waals surface area contributed by atoms with Crippen molar-refractivity contribution in [3.05, 3.63) is 466 Å². The van der Waals surface area contributed by atoms with E-state index in [9.17, 15) is 82.3 Å². The normalized spacial score (nSPS) is 16.9. The lowest BCUT2D eigenvalue weighted by Crippen LogP contribution is -2.51. The van der Waals surface area contributed by atoms with Crippen molar-refractivity contribution in [3.8, 4) is 28.7 Å². The second kappa shape index (κ2) is 45.4. The van der Waals surface area contributed by atoms with Crippen molar-refractivity contribution in [1.29, 1.82) is 0 Å². The Bertz CT molecular complexity index is 7630. The van der Waals surface area contributed by atoms with Crippen LogP contribution in [0.5, 0.6) is 28.7 Å². The first-order valence-electron chi connectivity index (χ1n) is 49.2. The largest absolute Gasteiger partial charge is 0.502 e. The second-order valence-corrected chi connectivity index (χ2v) is 38.7. The van der Waals surface area contributed by atoms with Crippen LogP contribution in [0.3, 0.4) is 0 Å². The summed E-state index contributed by atoms with van der Waals surface area (Å²) in [6.07, 6.45) is 6.85. The molecule has 15 aromatic rings. The van der Waals surface area contributed by atoms with Crippen LogP contribution in [-0.4, -0.2) is 194 Å². The predicted octanol–water partition coefficient (Wildman–Crippen LogP) is 16.9. The Balaban J connectivity index is 0.000000133. The number of likely N-dealkylation sites (N-methyl/N-ethyl adjacent to an activating group) is 3. The van der Waals surface area contributed by atoms with Crippen LogP contribution in [0.1, 0.15) is 238 Å². The van der Waals surface area contributed by atoms with Crippen molar-refractivity contribution >= 4 is 41.1 Å². The van der Waals surface area contributed by atoms with Crippen molar-refractivity contribution in [3.63, 3.8) is 0 Å². The number of fused-ring (bicyclic) bond motifs is 5. The molecule has 0 bridgehead atoms. The lowest BCUT2D eigenvalue weighted by atomic mass is 9.83. The van der Waals surface area contributed by atoms with Gasteiger partial charge in [0, 0.05) is 100 Å². The number of carbonyl (C=O) groups is 5. The van der Waals surface area contributed by atoms with E-state index in [-0.39, 0.29) is 106 Å². The Labute approximate surface area is 862 Å². The van der Waals surface area contributed by atoms with E-state index in [0.29, 0.717) is 44.3 Å². The molecule has 5 aliphatic rings. The molecule has 0 fully saturated rings. The molecule has 30 nitrogen and oxygen atoms in total. The summed E-state index contributed by atoms with van der Waals surface area (Å²) in [5, 5.41) is 73.8. The first kappa shape index (κ1) is 105. The topological polar surface area (TPSA) is 377 Å². The molecule has 5 aromatic heterocycles. The molecule has 5 N–H and O–H groups in total. The summed E-state index contributed by atoms with van der Waals surface area (Å²) in [6.45, 7) is 20.1. The van der Waals surface area contributed by atoms with E-state index in [4.69, 9.17) is 11.6 Å². The molecule has 149 heavy (non-hydrogen) atoms. The number of hydrogen-bond acceptors (Lipinski definition) is 20. The van der Waals surface area contributed by atoms with E-state index < -0.39 is 91.6 Å². The van der Waals surface area contributed by atoms with Gasteiger partial charge in [-0.2, -0.15) is 25.5 Å². The molecule has 5 aliphatic heterocycles. The smallest absolute Gasteiger partial charge is 0.276 e. The quantitative estimate of drug-likeness (QED) is 0.0473. The molecule has 5 amide bonds. The SMILES string of the molecule is CCC(CC)N1CC(C(c2ccccc2)c2ccccc2)n2ncc(=O)c(O)c2C1=O.CCN1CC(C(c2cccc(C)c2)c2cccc(Cl)c2)n2ncc(=O)c(O)c2C1=O.Cc1ccc(C(c2ccc(F)cc2)C2CN(C)C(=O)c3c(O)c(=O)cnn32)cc1.Cc1ccc(C(c2ccccc2)C2CN(C)C(=O)c3c(O)c(=O)cnn32)cc1.Cc1cccc(C(c2cccc(F)c2)C2CN(C(C)C)C(=O)c3c(O)c(=O)cnn32)c1. The van der Waals surface area contributed by atoms with Gasteiger partial charge in [0.05, 0.1) is 61.2 Å². The summed E-state index contributed by atoms with van der Waals surface area (Å²) in [5.41, 5.74) is 10.4. The fourth-order valence-electron chi connectivity index (χ4n) is 20.8. The summed E-state index contributed by atoms with van der Waals surface area (Å²) < 4.78 is 35.2. The highest BCUT2D eigenvalue weighted by Gasteiger charge is 2.47. The molecule has 10 heterocycles. The van der Waals surface area contributed by atoms with Crippen molar-refractivity contribution in [2.24, 2.45) is 0 Å². The van der Waals surface area contributed by atoms with Crippen LogP contribution >= 0.6 is 11.6 Å². The van der Waals surface area contributed by atoms with Gasteiger partial charge in [-0.3, -0.25) is 71.4 Å². The highest BCUT2D eigenvalue weighted by molar-refractivity contribution is 6.30. The van der Waals surface area contributed by atoms with Crippen LogP contribution in [0.4, 0.5) is 8.78 Å². The maximum absolute atomic E-state index is 14.2. The standard InChI is InChI=1S/C25H27N3O3.C24H24FN3O3.C23H22ClN3O3.C22H20FN3O3.C22H21N3O3/c1-3-19(4-2)27-16-20(28-23(25(27)31)24(30)21(29)15-26-28)22(17-11-7-5-8-12-17)18-13-9-6-10-14-18;1-14(2)27-13-19(28-22(24(27)31)23(30)20(29)12-26-28)21(16-7-4-6-15(3)10-16)17-8-5-9-18(25)11-17;1-3-26-13-18(27-21(23(26)30)22(29)19(28)12-25-27)20(15-7-4-6-14(2)10-15)16-8-5-9-17(24)11-16;1-13-3-5-14(6-4-13)19(15-7-9-16(23)10-8-15)17-12-25(2)22(29)20-21(28)18(27)11-24-26(17)20;1-14-8-10-16(11-9-14)19(15-6-4-3-5-7-15)17-13-24(2)22(28)20-21(27)18(26)12-23-25(17)20/h5-15,19-20,22,30H,3-4,16H2,1-2H3;4-12,14,19,21,30H,13H2,1-3H3;4-12,18,20,29H,3,13H2,1-2H3;3-11,17,19,28H,12H2,1-2H3;3-12,17,19,27H,13H2,1-2H3. The van der Waals surface area contributed by atoms with Gasteiger partial charge < -0.3 is 50.0 Å². The fraction of sp³-hybridized carbons (Fsp3) is 0.267. The number of halogens is 3. The lowest BCUT2D eigenvalue weighted by Gasteiger charge is -2.42. The maximum atomic E-state index is 14.2. The van der Waals surface area contributed by atoms with Crippen molar-refractivity contribution in [2.75, 3.05) is 53.4 Å². The molecule has 33 heteroatoms. The van der Waals surface area contributed by atoms with Gasteiger partial charge in [0.15, 0.2) is 57.2 Å². The van der Waals surface area contributed by atoms with Gasteiger partial charge in [-0.05, 0) is 153 Å². The molecule has 0 saturated heterocycles. The molecule has 764 valence electrons. The predicted molar refractivity (Wildman–Crippen MR) is 561 cm³/mol. The summed E-state index contributed by atoms with van der Waals surface area (Å²) >= 11 is 6.30. The van der Waals surface area contributed by atoms with E-state index in [0.717, 1.165) is 122 Å². The van der Waals surface area contributed by atoms with Crippen LogP contribution < -0.4 is 27.1 Å². The average molecular weight is 2030 g/mol. The zero-order chi connectivity index (χ0) is 106. The van der Waals surface area contributed by atoms with Crippen LogP contribution in [0, 0.1) is 39.3 Å². The van der Waals surface area contributed by atoms with Gasteiger partial charge in [0.25, 0.3) is 29.5 Å². The number of carbonyl (C=O) groups excluding carboxylic acids is 5. The molecular formula is C116H114ClF2N15O15. The zero-order valence-electron chi connectivity index (χ0n) is 84.0. The van der Waals surface area contributed by atoms with E-state index >= 15 is 0 Å². The number of aryl methyl sites for hydroxylation is 4. The molecule has 9 unspecified atom stereocenters. The Morgan fingerprint density at radius 2 is 0.584 bits per heavy atom. The third-order valence-electron chi connectivity index (χ3n) is 28.2. The molecule has 0 aliphatic carbocycles. The second-order valence-electron chi connectivity index (χ2n) is 38.2. The Hall–Kier alpha value is -16.9.